The summed E-state index contributed by atoms with van der Waals surface area (Å²) >= 11 is 0. The molecule has 2 aliphatic rings. The zero-order chi connectivity index (χ0) is 16.4. The van der Waals surface area contributed by atoms with Crippen LogP contribution < -0.4 is 14.8 Å². The van der Waals surface area contributed by atoms with Crippen LogP contribution in [0.3, 0.4) is 0 Å². The number of amides is 1. The molecule has 1 aromatic rings. The van der Waals surface area contributed by atoms with E-state index in [1.807, 2.05) is 0 Å². The molecule has 1 amide bonds. The second-order valence-electron chi connectivity index (χ2n) is 5.66. The maximum Gasteiger partial charge on any atom is 0.253 e. The van der Waals surface area contributed by atoms with Crippen molar-refractivity contribution >= 4 is 18.3 Å². The first kappa shape index (κ1) is 18.8. The van der Waals surface area contributed by atoms with E-state index in [1.54, 1.807) is 31.3 Å². The molecule has 7 nitrogen and oxygen atoms in total. The molecule has 8 heteroatoms. The topological polar surface area (TPSA) is 80.3 Å². The number of β-amino-alcohol motifs (C(OH)–C–C–N with tert-alkyl or cyclic N) is 1. The number of nitrogens with one attached hydrogen (secondary N) is 1. The number of carbonyl (C=O) groups is 1. The van der Waals surface area contributed by atoms with Gasteiger partial charge in [0.2, 0.25) is 0 Å². The summed E-state index contributed by atoms with van der Waals surface area (Å²) in [5.41, 5.74) is 1.47. The molecule has 0 bridgehead atoms. The van der Waals surface area contributed by atoms with Crippen molar-refractivity contribution in [2.75, 3.05) is 40.5 Å². The summed E-state index contributed by atoms with van der Waals surface area (Å²) < 4.78 is 16.3. The first-order valence-corrected chi connectivity index (χ1v) is 7.68. The van der Waals surface area contributed by atoms with Crippen LogP contribution >= 0.6 is 12.4 Å². The standard InChI is InChI=1S/C16H22N2O5.ClH/c1-21-12-3-4-13(22-2)15-10(12)8-18(9-11(15)19)16(20)14-7-17-5-6-23-14;/h3-4,11,14,17,19H,5-9H2,1-2H3;1H. The molecule has 2 N–H and O–H groups in total. The Labute approximate surface area is 147 Å². The number of hydrogen-bond acceptors (Lipinski definition) is 6. The van der Waals surface area contributed by atoms with E-state index >= 15 is 0 Å². The molecule has 2 heterocycles. The lowest BCUT2D eigenvalue weighted by molar-refractivity contribution is -0.148. The molecule has 2 aliphatic heterocycles. The van der Waals surface area contributed by atoms with E-state index in [0.717, 1.165) is 12.1 Å². The number of fused-ring (bicyclic) bond motifs is 1. The molecule has 0 spiro atoms. The molecule has 1 saturated heterocycles. The van der Waals surface area contributed by atoms with E-state index in [0.29, 0.717) is 36.8 Å². The van der Waals surface area contributed by atoms with E-state index in [9.17, 15) is 9.90 Å². The molecule has 3 rings (SSSR count). The fourth-order valence-corrected chi connectivity index (χ4v) is 3.17. The summed E-state index contributed by atoms with van der Waals surface area (Å²) in [6.07, 6.45) is -1.32. The smallest absolute Gasteiger partial charge is 0.253 e. The first-order valence-electron chi connectivity index (χ1n) is 7.68. The largest absolute Gasteiger partial charge is 0.496 e. The lowest BCUT2D eigenvalue weighted by Crippen LogP contribution is -2.51. The third-order valence-electron chi connectivity index (χ3n) is 4.30. The number of rotatable bonds is 3. The van der Waals surface area contributed by atoms with Gasteiger partial charge in [-0.1, -0.05) is 0 Å². The lowest BCUT2D eigenvalue weighted by atomic mass is 9.94. The van der Waals surface area contributed by atoms with Crippen LogP contribution in [0.4, 0.5) is 0 Å². The van der Waals surface area contributed by atoms with Gasteiger partial charge in [-0.2, -0.15) is 0 Å². The lowest BCUT2D eigenvalue weighted by Gasteiger charge is -2.36. The Morgan fingerprint density at radius 2 is 2.04 bits per heavy atom. The number of benzene rings is 1. The fraction of sp³-hybridized carbons (Fsp3) is 0.562. The summed E-state index contributed by atoms with van der Waals surface area (Å²) in [6.45, 7) is 2.34. The normalized spacial score (nSPS) is 23.0. The molecule has 0 radical (unpaired) electrons. The number of aliphatic hydroxyl groups is 1. The zero-order valence-corrected chi connectivity index (χ0v) is 14.6. The zero-order valence-electron chi connectivity index (χ0n) is 13.8. The SMILES string of the molecule is COc1ccc(OC)c2c1CN(C(=O)C1CNCCO1)CC2O.Cl. The highest BCUT2D eigenvalue weighted by molar-refractivity contribution is 5.85. The van der Waals surface area contributed by atoms with Gasteiger partial charge in [0.15, 0.2) is 0 Å². The van der Waals surface area contributed by atoms with Gasteiger partial charge in [0.05, 0.1) is 33.9 Å². The molecule has 0 aromatic heterocycles. The van der Waals surface area contributed by atoms with Crippen LogP contribution in [0.15, 0.2) is 12.1 Å². The second-order valence-corrected chi connectivity index (χ2v) is 5.66. The van der Waals surface area contributed by atoms with Crippen molar-refractivity contribution in [3.8, 4) is 11.5 Å². The number of hydrogen-bond donors (Lipinski definition) is 2. The van der Waals surface area contributed by atoms with Crippen molar-refractivity contribution in [2.45, 2.75) is 18.8 Å². The molecule has 2 atom stereocenters. The Balaban J connectivity index is 0.00000208. The Morgan fingerprint density at radius 1 is 1.33 bits per heavy atom. The van der Waals surface area contributed by atoms with Crippen LogP contribution in [-0.4, -0.2) is 62.5 Å². The van der Waals surface area contributed by atoms with Crippen LogP contribution in [0.1, 0.15) is 17.2 Å². The molecule has 134 valence electrons. The van der Waals surface area contributed by atoms with Crippen LogP contribution in [0.5, 0.6) is 11.5 Å². The second kappa shape index (κ2) is 8.02. The Bertz CT molecular complexity index is 592. The number of methoxy groups -OCH3 is 2. The van der Waals surface area contributed by atoms with Gasteiger partial charge < -0.3 is 29.5 Å². The number of nitrogens with zero attached hydrogens (tertiary/aromatic N) is 1. The molecule has 24 heavy (non-hydrogen) atoms. The molecular weight excluding hydrogens is 336 g/mol. The van der Waals surface area contributed by atoms with E-state index in [-0.39, 0.29) is 24.9 Å². The number of ether oxygens (including phenoxy) is 3. The van der Waals surface area contributed by atoms with Crippen LogP contribution in [-0.2, 0) is 16.1 Å². The van der Waals surface area contributed by atoms with Crippen molar-refractivity contribution in [2.24, 2.45) is 0 Å². The van der Waals surface area contributed by atoms with Crippen LogP contribution in [0, 0.1) is 0 Å². The monoisotopic (exact) mass is 358 g/mol. The number of carbonyl (C=O) groups excluding carboxylic acids is 1. The predicted octanol–water partition coefficient (Wildman–Crippen LogP) is 0.490. The average Bonchev–Trinajstić information content (AvgIpc) is 2.60. The molecular formula is C16H23ClN2O5. The van der Waals surface area contributed by atoms with E-state index in [1.165, 1.54) is 0 Å². The van der Waals surface area contributed by atoms with Gasteiger partial charge in [0, 0.05) is 24.2 Å². The van der Waals surface area contributed by atoms with E-state index < -0.39 is 12.2 Å². The van der Waals surface area contributed by atoms with Gasteiger partial charge in [0.25, 0.3) is 5.91 Å². The fourth-order valence-electron chi connectivity index (χ4n) is 3.17. The summed E-state index contributed by atoms with van der Waals surface area (Å²) in [6, 6.07) is 3.56. The van der Waals surface area contributed by atoms with Gasteiger partial charge in [-0.15, -0.1) is 12.4 Å². The first-order chi connectivity index (χ1) is 11.2. The number of morpholine rings is 1. The maximum absolute atomic E-state index is 12.6. The summed E-state index contributed by atoms with van der Waals surface area (Å²) in [4.78, 5) is 14.3. The van der Waals surface area contributed by atoms with Crippen molar-refractivity contribution < 1.29 is 24.1 Å². The number of halogens is 1. The Hall–Kier alpha value is -1.54. The summed E-state index contributed by atoms with van der Waals surface area (Å²) in [7, 11) is 3.14. The molecule has 1 aromatic carbocycles. The molecule has 1 fully saturated rings. The van der Waals surface area contributed by atoms with Crippen molar-refractivity contribution in [3.63, 3.8) is 0 Å². The maximum atomic E-state index is 12.6. The van der Waals surface area contributed by atoms with Crippen molar-refractivity contribution in [3.05, 3.63) is 23.3 Å². The Morgan fingerprint density at radius 3 is 2.67 bits per heavy atom. The highest BCUT2D eigenvalue weighted by Crippen LogP contribution is 2.39. The average molecular weight is 359 g/mol. The predicted molar refractivity (Wildman–Crippen MR) is 89.8 cm³/mol. The van der Waals surface area contributed by atoms with Crippen molar-refractivity contribution in [1.29, 1.82) is 0 Å². The number of aliphatic hydroxyl groups excluding tert-OH is 1. The van der Waals surface area contributed by atoms with Gasteiger partial charge in [-0.05, 0) is 12.1 Å². The van der Waals surface area contributed by atoms with Crippen molar-refractivity contribution in [1.82, 2.24) is 10.2 Å². The molecule has 0 saturated carbocycles. The highest BCUT2D eigenvalue weighted by Gasteiger charge is 2.35. The summed E-state index contributed by atoms with van der Waals surface area (Å²) in [5.74, 6) is 1.13. The van der Waals surface area contributed by atoms with Crippen LogP contribution in [0.25, 0.3) is 0 Å². The molecule has 0 aliphatic carbocycles. The Kier molecular flexibility index (Phi) is 6.28. The minimum Gasteiger partial charge on any atom is -0.496 e. The third-order valence-corrected chi connectivity index (χ3v) is 4.30. The van der Waals surface area contributed by atoms with Gasteiger partial charge >= 0.3 is 0 Å². The van der Waals surface area contributed by atoms with Crippen LogP contribution in [0.2, 0.25) is 0 Å². The summed E-state index contributed by atoms with van der Waals surface area (Å²) in [5, 5.41) is 13.7. The van der Waals surface area contributed by atoms with Gasteiger partial charge in [-0.3, -0.25) is 4.79 Å². The van der Waals surface area contributed by atoms with Gasteiger partial charge in [-0.25, -0.2) is 0 Å². The molecule has 2 unspecified atom stereocenters. The third kappa shape index (κ3) is 3.44. The minimum absolute atomic E-state index is 0. The van der Waals surface area contributed by atoms with Gasteiger partial charge in [0.1, 0.15) is 23.7 Å². The highest BCUT2D eigenvalue weighted by atomic mass is 35.5. The quantitative estimate of drug-likeness (QED) is 0.818. The van der Waals surface area contributed by atoms with E-state index in [4.69, 9.17) is 14.2 Å². The van der Waals surface area contributed by atoms with E-state index in [2.05, 4.69) is 5.32 Å². The minimum atomic E-state index is -0.815.